The first-order valence-electron chi connectivity index (χ1n) is 7.03. The first-order chi connectivity index (χ1) is 8.65. The SMILES string of the molecule is CC(C)c1nc(NC2CCCCCC2)cc(=O)[nH]1. The minimum Gasteiger partial charge on any atom is -0.367 e. The second-order valence-corrected chi connectivity index (χ2v) is 5.50. The third-order valence-corrected chi connectivity index (χ3v) is 3.51. The fourth-order valence-electron chi connectivity index (χ4n) is 2.46. The molecule has 0 spiro atoms. The molecule has 4 heteroatoms. The predicted octanol–water partition coefficient (Wildman–Crippen LogP) is 3.03. The molecule has 0 amide bonds. The summed E-state index contributed by atoms with van der Waals surface area (Å²) in [5, 5.41) is 3.43. The third-order valence-electron chi connectivity index (χ3n) is 3.51. The average molecular weight is 249 g/mol. The largest absolute Gasteiger partial charge is 0.367 e. The summed E-state index contributed by atoms with van der Waals surface area (Å²) in [5.41, 5.74) is -0.0650. The van der Waals surface area contributed by atoms with Crippen molar-refractivity contribution in [2.45, 2.75) is 64.3 Å². The normalized spacial score (nSPS) is 17.7. The predicted molar refractivity (Wildman–Crippen MR) is 74.1 cm³/mol. The lowest BCUT2D eigenvalue weighted by molar-refractivity contribution is 0.615. The Morgan fingerprint density at radius 1 is 1.28 bits per heavy atom. The van der Waals surface area contributed by atoms with Gasteiger partial charge in [0.25, 0.3) is 5.56 Å². The van der Waals surface area contributed by atoms with Gasteiger partial charge in [-0.15, -0.1) is 0 Å². The lowest BCUT2D eigenvalue weighted by atomic mass is 10.1. The zero-order chi connectivity index (χ0) is 13.0. The second-order valence-electron chi connectivity index (χ2n) is 5.50. The van der Waals surface area contributed by atoms with Gasteiger partial charge in [0.05, 0.1) is 0 Å². The summed E-state index contributed by atoms with van der Waals surface area (Å²) in [6.07, 6.45) is 7.59. The Kier molecular flexibility index (Phi) is 4.39. The number of anilines is 1. The van der Waals surface area contributed by atoms with E-state index in [0.717, 1.165) is 11.6 Å². The number of nitrogens with one attached hydrogen (secondary N) is 2. The van der Waals surface area contributed by atoms with E-state index >= 15 is 0 Å². The first kappa shape index (κ1) is 13.1. The molecule has 0 saturated heterocycles. The van der Waals surface area contributed by atoms with Crippen molar-refractivity contribution in [1.29, 1.82) is 0 Å². The molecule has 2 N–H and O–H groups in total. The Hall–Kier alpha value is -1.32. The Bertz CT molecular complexity index is 431. The van der Waals surface area contributed by atoms with Crippen molar-refractivity contribution in [3.8, 4) is 0 Å². The molecular formula is C14H23N3O. The Balaban J connectivity index is 2.10. The molecule has 0 aliphatic heterocycles. The van der Waals surface area contributed by atoms with Crippen LogP contribution >= 0.6 is 0 Å². The minimum absolute atomic E-state index is 0.0650. The molecule has 1 aromatic rings. The van der Waals surface area contributed by atoms with E-state index in [-0.39, 0.29) is 11.5 Å². The number of H-pyrrole nitrogens is 1. The van der Waals surface area contributed by atoms with E-state index in [2.05, 4.69) is 15.3 Å². The fraction of sp³-hybridized carbons (Fsp3) is 0.714. The topological polar surface area (TPSA) is 57.8 Å². The van der Waals surface area contributed by atoms with Crippen LogP contribution in [0.5, 0.6) is 0 Å². The van der Waals surface area contributed by atoms with E-state index in [9.17, 15) is 4.79 Å². The highest BCUT2D eigenvalue weighted by atomic mass is 16.1. The van der Waals surface area contributed by atoms with Crippen LogP contribution in [0, 0.1) is 0 Å². The van der Waals surface area contributed by atoms with Crippen LogP contribution < -0.4 is 10.9 Å². The molecule has 1 saturated carbocycles. The number of hydrogen-bond donors (Lipinski definition) is 2. The number of nitrogens with zero attached hydrogens (tertiary/aromatic N) is 1. The number of hydrogen-bond acceptors (Lipinski definition) is 3. The van der Waals surface area contributed by atoms with Crippen molar-refractivity contribution in [1.82, 2.24) is 9.97 Å². The molecule has 1 aliphatic rings. The van der Waals surface area contributed by atoms with Crippen molar-refractivity contribution >= 4 is 5.82 Å². The summed E-state index contributed by atoms with van der Waals surface area (Å²) in [5.74, 6) is 1.74. The molecule has 1 fully saturated rings. The molecule has 18 heavy (non-hydrogen) atoms. The van der Waals surface area contributed by atoms with Gasteiger partial charge in [0.1, 0.15) is 11.6 Å². The zero-order valence-electron chi connectivity index (χ0n) is 11.3. The maximum Gasteiger partial charge on any atom is 0.252 e. The Morgan fingerprint density at radius 2 is 1.94 bits per heavy atom. The molecule has 0 unspecified atom stereocenters. The van der Waals surface area contributed by atoms with Gasteiger partial charge in [-0.1, -0.05) is 39.5 Å². The van der Waals surface area contributed by atoms with E-state index in [0.29, 0.717) is 6.04 Å². The monoisotopic (exact) mass is 249 g/mol. The van der Waals surface area contributed by atoms with Crippen LogP contribution in [0.25, 0.3) is 0 Å². The highest BCUT2D eigenvalue weighted by Crippen LogP contribution is 2.20. The van der Waals surface area contributed by atoms with Crippen LogP contribution in [0.2, 0.25) is 0 Å². The van der Waals surface area contributed by atoms with E-state index in [1.165, 1.54) is 38.5 Å². The maximum atomic E-state index is 11.6. The van der Waals surface area contributed by atoms with E-state index in [4.69, 9.17) is 0 Å². The van der Waals surface area contributed by atoms with Gasteiger partial charge in [-0.3, -0.25) is 4.79 Å². The van der Waals surface area contributed by atoms with Crippen LogP contribution in [0.1, 0.15) is 64.1 Å². The lowest BCUT2D eigenvalue weighted by Crippen LogP contribution is -2.22. The molecule has 0 bridgehead atoms. The van der Waals surface area contributed by atoms with Crippen LogP contribution in [0.4, 0.5) is 5.82 Å². The highest BCUT2D eigenvalue weighted by Gasteiger charge is 2.13. The van der Waals surface area contributed by atoms with Crippen molar-refractivity contribution in [2.75, 3.05) is 5.32 Å². The maximum absolute atomic E-state index is 11.6. The molecule has 1 heterocycles. The highest BCUT2D eigenvalue weighted by molar-refractivity contribution is 5.34. The van der Waals surface area contributed by atoms with Crippen molar-refractivity contribution in [3.63, 3.8) is 0 Å². The van der Waals surface area contributed by atoms with Gasteiger partial charge < -0.3 is 10.3 Å². The summed E-state index contributed by atoms with van der Waals surface area (Å²) < 4.78 is 0. The van der Waals surface area contributed by atoms with E-state index in [1.54, 1.807) is 6.07 Å². The molecule has 0 atom stereocenters. The quantitative estimate of drug-likeness (QED) is 0.809. The second kappa shape index (κ2) is 6.03. The first-order valence-corrected chi connectivity index (χ1v) is 7.03. The van der Waals surface area contributed by atoms with E-state index < -0.39 is 0 Å². The van der Waals surface area contributed by atoms with Crippen LogP contribution in [-0.4, -0.2) is 16.0 Å². The molecule has 2 rings (SSSR count). The van der Waals surface area contributed by atoms with Gasteiger partial charge in [0.15, 0.2) is 0 Å². The molecule has 1 aromatic heterocycles. The molecular weight excluding hydrogens is 226 g/mol. The van der Waals surface area contributed by atoms with Crippen LogP contribution in [0.15, 0.2) is 10.9 Å². The summed E-state index contributed by atoms with van der Waals surface area (Å²) in [6.45, 7) is 4.07. The number of aromatic amines is 1. The van der Waals surface area contributed by atoms with Gasteiger partial charge in [-0.25, -0.2) is 4.98 Å². The Labute approximate surface area is 108 Å². The zero-order valence-corrected chi connectivity index (χ0v) is 11.3. The van der Waals surface area contributed by atoms with Gasteiger partial charge in [0, 0.05) is 18.0 Å². The molecule has 4 nitrogen and oxygen atoms in total. The smallest absolute Gasteiger partial charge is 0.252 e. The third kappa shape index (κ3) is 3.59. The van der Waals surface area contributed by atoms with Crippen molar-refractivity contribution in [2.24, 2.45) is 0 Å². The number of rotatable bonds is 3. The van der Waals surface area contributed by atoms with Crippen molar-refractivity contribution in [3.05, 3.63) is 22.2 Å². The lowest BCUT2D eigenvalue weighted by Gasteiger charge is -2.17. The minimum atomic E-state index is -0.0650. The van der Waals surface area contributed by atoms with Crippen LogP contribution in [0.3, 0.4) is 0 Å². The summed E-state index contributed by atoms with van der Waals surface area (Å²) >= 11 is 0. The van der Waals surface area contributed by atoms with Crippen LogP contribution in [-0.2, 0) is 0 Å². The van der Waals surface area contributed by atoms with Gasteiger partial charge >= 0.3 is 0 Å². The van der Waals surface area contributed by atoms with Gasteiger partial charge in [-0.05, 0) is 12.8 Å². The Morgan fingerprint density at radius 3 is 2.56 bits per heavy atom. The summed E-state index contributed by atoms with van der Waals surface area (Å²) in [6, 6.07) is 2.04. The molecule has 100 valence electrons. The molecule has 1 aliphatic carbocycles. The van der Waals surface area contributed by atoms with Crippen molar-refractivity contribution < 1.29 is 0 Å². The van der Waals surface area contributed by atoms with Gasteiger partial charge in [0.2, 0.25) is 0 Å². The van der Waals surface area contributed by atoms with E-state index in [1.807, 2.05) is 13.8 Å². The van der Waals surface area contributed by atoms with Gasteiger partial charge in [-0.2, -0.15) is 0 Å². The number of aromatic nitrogens is 2. The standard InChI is InChI=1S/C14H23N3O/c1-10(2)14-16-12(9-13(18)17-14)15-11-7-5-3-4-6-8-11/h9-11H,3-8H2,1-2H3,(H2,15,16,17,18). The summed E-state index contributed by atoms with van der Waals surface area (Å²) in [7, 11) is 0. The molecule has 0 radical (unpaired) electrons. The molecule has 0 aromatic carbocycles. The average Bonchev–Trinajstić information content (AvgIpc) is 2.57. The summed E-state index contributed by atoms with van der Waals surface area (Å²) in [4.78, 5) is 18.9. The fourth-order valence-corrected chi connectivity index (χ4v) is 2.46.